The Morgan fingerprint density at radius 3 is 1.61 bits per heavy atom. The lowest BCUT2D eigenvalue weighted by Crippen LogP contribution is -2.28. The largest absolute Gasteiger partial charge is 0.309 e. The van der Waals surface area contributed by atoms with E-state index in [2.05, 4.69) is 180 Å². The average Bonchev–Trinajstić information content (AvgIpc) is 3.91. The first-order chi connectivity index (χ1) is 31.6. The zero-order chi connectivity index (χ0) is 42.4. The second kappa shape index (κ2) is 14.1. The van der Waals surface area contributed by atoms with Crippen LogP contribution >= 0.6 is 7.14 Å². The van der Waals surface area contributed by atoms with Crippen LogP contribution in [0.2, 0.25) is 0 Å². The van der Waals surface area contributed by atoms with E-state index in [4.69, 9.17) is 4.98 Å². The Morgan fingerprint density at radius 2 is 0.938 bits per heavy atom. The molecule has 1 aliphatic carbocycles. The lowest BCUT2D eigenvalue weighted by molar-refractivity contribution is 0.592. The maximum atomic E-state index is 15.9. The van der Waals surface area contributed by atoms with Crippen molar-refractivity contribution in [2.75, 3.05) is 0 Å². The van der Waals surface area contributed by atoms with Crippen molar-refractivity contribution in [1.29, 1.82) is 0 Å². The Labute approximate surface area is 370 Å². The Kier molecular flexibility index (Phi) is 8.10. The highest BCUT2D eigenvalue weighted by molar-refractivity contribution is 7.85. The molecule has 12 aromatic rings. The quantitative estimate of drug-likeness (QED) is 0.0950. The number of hydrogen-bond donors (Lipinski definition) is 0. The third-order valence-corrected chi connectivity index (χ3v) is 16.7. The molecule has 1 aliphatic rings. The summed E-state index contributed by atoms with van der Waals surface area (Å²) in [7, 11) is -3.29. The molecule has 64 heavy (non-hydrogen) atoms. The van der Waals surface area contributed by atoms with E-state index >= 15 is 4.57 Å². The van der Waals surface area contributed by atoms with Gasteiger partial charge in [-0.3, -0.25) is 4.40 Å². The van der Waals surface area contributed by atoms with E-state index in [0.717, 1.165) is 70.8 Å². The summed E-state index contributed by atoms with van der Waals surface area (Å²) in [5.74, 6) is 0. The first kappa shape index (κ1) is 36.8. The topological polar surface area (TPSA) is 34.4 Å². The van der Waals surface area contributed by atoms with Crippen molar-refractivity contribution in [3.8, 4) is 22.3 Å². The molecule has 10 aromatic carbocycles. The number of aromatic nitrogens is 2. The van der Waals surface area contributed by atoms with Crippen LogP contribution in [0.15, 0.2) is 237 Å². The summed E-state index contributed by atoms with van der Waals surface area (Å²) < 4.78 is 18.2. The zero-order valence-corrected chi connectivity index (χ0v) is 35.7. The molecule has 0 bridgehead atoms. The standard InChI is InChI=1S/C60H39N2OP/c63-64(46-23-9-3-10-24-46,47-25-11-4-12-26-47)48-31-33-51-52-35-40-17-13-14-18-41(40)36-53(52)59-61-56-34-30-43(38-58(56)62(59)57(51)39-48)42-29-32-50-49-27-15-16-28-54(49)60(55(50)37-42,44-19-5-1-6-20-44)45-21-7-2-8-22-45/h1-39H. The van der Waals surface area contributed by atoms with Crippen molar-refractivity contribution in [2.45, 2.75) is 5.41 Å². The molecule has 0 radical (unpaired) electrons. The van der Waals surface area contributed by atoms with Crippen LogP contribution in [0.4, 0.5) is 0 Å². The van der Waals surface area contributed by atoms with E-state index in [1.807, 2.05) is 60.7 Å². The van der Waals surface area contributed by atoms with E-state index in [-0.39, 0.29) is 0 Å². The van der Waals surface area contributed by atoms with Crippen LogP contribution in [-0.4, -0.2) is 9.38 Å². The number of pyridine rings is 1. The SMILES string of the molecule is O=P(c1ccccc1)(c1ccccc1)c1ccc2c3cc4ccccc4cc3c3nc4ccc(-c5ccc6c(c5)C(c5ccccc5)(c5ccccc5)c5ccccc5-6)cc4n3c2c1. The minimum Gasteiger partial charge on any atom is -0.309 e. The number of hydrogen-bond acceptors (Lipinski definition) is 2. The van der Waals surface area contributed by atoms with Crippen LogP contribution in [-0.2, 0) is 9.98 Å². The van der Waals surface area contributed by atoms with E-state index in [0.29, 0.717) is 0 Å². The summed E-state index contributed by atoms with van der Waals surface area (Å²) in [6, 6.07) is 84.0. The number of fused-ring (bicyclic) bond motifs is 12. The fourth-order valence-electron chi connectivity index (χ4n) is 10.8. The second-order valence-corrected chi connectivity index (χ2v) is 19.8. The molecule has 4 heteroatoms. The molecule has 0 N–H and O–H groups in total. The van der Waals surface area contributed by atoms with Crippen LogP contribution in [0.3, 0.4) is 0 Å². The van der Waals surface area contributed by atoms with Crippen molar-refractivity contribution in [2.24, 2.45) is 0 Å². The van der Waals surface area contributed by atoms with Gasteiger partial charge < -0.3 is 4.57 Å². The van der Waals surface area contributed by atoms with Gasteiger partial charge >= 0.3 is 0 Å². The number of nitrogens with zero attached hydrogens (tertiary/aromatic N) is 2. The minimum atomic E-state index is -3.29. The lowest BCUT2D eigenvalue weighted by atomic mass is 9.67. The first-order valence-electron chi connectivity index (χ1n) is 21.9. The van der Waals surface area contributed by atoms with E-state index in [9.17, 15) is 0 Å². The van der Waals surface area contributed by atoms with Crippen molar-refractivity contribution in [3.63, 3.8) is 0 Å². The summed E-state index contributed by atoms with van der Waals surface area (Å²) in [5.41, 5.74) is 13.0. The van der Waals surface area contributed by atoms with Crippen molar-refractivity contribution in [3.05, 3.63) is 259 Å². The van der Waals surface area contributed by atoms with Crippen LogP contribution in [0.25, 0.3) is 71.4 Å². The van der Waals surface area contributed by atoms with Crippen molar-refractivity contribution >= 4 is 72.2 Å². The third-order valence-electron chi connectivity index (χ3n) is 13.7. The predicted octanol–water partition coefficient (Wildman–Crippen LogP) is 13.6. The molecule has 0 saturated carbocycles. The summed E-state index contributed by atoms with van der Waals surface area (Å²) >= 11 is 0. The van der Waals surface area contributed by atoms with Gasteiger partial charge in [-0.2, -0.15) is 0 Å². The second-order valence-electron chi connectivity index (χ2n) is 17.0. The molecule has 0 atom stereocenters. The molecule has 0 amide bonds. The van der Waals surface area contributed by atoms with Crippen LogP contribution < -0.4 is 15.9 Å². The summed E-state index contributed by atoms with van der Waals surface area (Å²) in [4.78, 5) is 5.42. The summed E-state index contributed by atoms with van der Waals surface area (Å²) in [6.07, 6.45) is 0. The molecule has 3 nitrogen and oxygen atoms in total. The minimum absolute atomic E-state index is 0.502. The molecule has 0 unspecified atom stereocenters. The fraction of sp³-hybridized carbons (Fsp3) is 0.0167. The zero-order valence-electron chi connectivity index (χ0n) is 34.8. The highest BCUT2D eigenvalue weighted by Crippen LogP contribution is 2.57. The van der Waals surface area contributed by atoms with Crippen LogP contribution in [0.5, 0.6) is 0 Å². The van der Waals surface area contributed by atoms with Gasteiger partial charge in [-0.05, 0) is 97.1 Å². The number of imidazole rings is 1. The average molecular weight is 835 g/mol. The van der Waals surface area contributed by atoms with Crippen molar-refractivity contribution < 1.29 is 4.57 Å². The summed E-state index contributed by atoms with van der Waals surface area (Å²) in [6.45, 7) is 0. The monoisotopic (exact) mass is 834 g/mol. The van der Waals surface area contributed by atoms with Crippen molar-refractivity contribution in [1.82, 2.24) is 9.38 Å². The maximum absolute atomic E-state index is 15.9. The highest BCUT2D eigenvalue weighted by atomic mass is 31.2. The smallest absolute Gasteiger partial charge is 0.171 e. The van der Waals surface area contributed by atoms with Gasteiger partial charge in [0.25, 0.3) is 0 Å². The number of benzene rings is 10. The van der Waals surface area contributed by atoms with E-state index in [1.54, 1.807) is 0 Å². The van der Waals surface area contributed by atoms with Gasteiger partial charge in [0, 0.05) is 26.7 Å². The lowest BCUT2D eigenvalue weighted by Gasteiger charge is -2.34. The van der Waals surface area contributed by atoms with Gasteiger partial charge in [-0.25, -0.2) is 4.98 Å². The fourth-order valence-corrected chi connectivity index (χ4v) is 13.5. The normalized spacial score (nSPS) is 13.2. The summed E-state index contributed by atoms with van der Waals surface area (Å²) in [5, 5.41) is 8.02. The van der Waals surface area contributed by atoms with E-state index < -0.39 is 12.6 Å². The van der Waals surface area contributed by atoms with Gasteiger partial charge in [-0.15, -0.1) is 0 Å². The van der Waals surface area contributed by atoms with Gasteiger partial charge in [-0.1, -0.05) is 200 Å². The molecule has 300 valence electrons. The third kappa shape index (κ3) is 5.22. The number of rotatable bonds is 6. The predicted molar refractivity (Wildman–Crippen MR) is 267 cm³/mol. The molecule has 2 heterocycles. The molecular formula is C60H39N2OP. The molecule has 13 rings (SSSR count). The Morgan fingerprint density at radius 1 is 0.391 bits per heavy atom. The van der Waals surface area contributed by atoms with Crippen LogP contribution in [0.1, 0.15) is 22.3 Å². The Hall–Kier alpha value is -7.84. The maximum Gasteiger partial charge on any atom is 0.171 e. The Bertz CT molecular complexity index is 3780. The molecule has 0 saturated heterocycles. The van der Waals surface area contributed by atoms with Gasteiger partial charge in [0.15, 0.2) is 7.14 Å². The first-order valence-corrected chi connectivity index (χ1v) is 23.6. The molecule has 2 aromatic heterocycles. The highest BCUT2D eigenvalue weighted by Gasteiger charge is 2.46. The molecule has 0 fully saturated rings. The van der Waals surface area contributed by atoms with Gasteiger partial charge in [0.2, 0.25) is 0 Å². The molecular weight excluding hydrogens is 796 g/mol. The van der Waals surface area contributed by atoms with Gasteiger partial charge in [0.1, 0.15) is 5.65 Å². The molecule has 0 aliphatic heterocycles. The Balaban J connectivity index is 1.09. The van der Waals surface area contributed by atoms with Gasteiger partial charge in [0.05, 0.1) is 22.0 Å². The van der Waals surface area contributed by atoms with E-state index in [1.165, 1.54) is 38.8 Å². The molecule has 0 spiro atoms. The van der Waals surface area contributed by atoms with Crippen LogP contribution in [0, 0.1) is 0 Å².